The van der Waals surface area contributed by atoms with Crippen LogP contribution in [0.5, 0.6) is 0 Å². The van der Waals surface area contributed by atoms with E-state index in [1.807, 2.05) is 13.8 Å². The Bertz CT molecular complexity index is 609. The fourth-order valence-electron chi connectivity index (χ4n) is 2.34. The van der Waals surface area contributed by atoms with Crippen molar-refractivity contribution in [1.82, 2.24) is 5.32 Å². The summed E-state index contributed by atoms with van der Waals surface area (Å²) in [6, 6.07) is 4.68. The van der Waals surface area contributed by atoms with E-state index in [-0.39, 0.29) is 11.9 Å². The van der Waals surface area contributed by atoms with Crippen molar-refractivity contribution in [2.24, 2.45) is 0 Å². The molecule has 1 heterocycles. The van der Waals surface area contributed by atoms with Gasteiger partial charge < -0.3 is 9.73 Å². The van der Waals surface area contributed by atoms with E-state index in [4.69, 9.17) is 10.8 Å². The van der Waals surface area contributed by atoms with E-state index in [0.29, 0.717) is 6.42 Å². The van der Waals surface area contributed by atoms with Crippen LogP contribution in [-0.4, -0.2) is 6.54 Å². The van der Waals surface area contributed by atoms with Gasteiger partial charge in [0.1, 0.15) is 17.2 Å². The van der Waals surface area contributed by atoms with Crippen LogP contribution in [0.4, 0.5) is 4.39 Å². The summed E-state index contributed by atoms with van der Waals surface area (Å²) in [5.74, 6) is 3.26. The van der Waals surface area contributed by atoms with Gasteiger partial charge in [0.15, 0.2) is 0 Å². The number of furan rings is 1. The first-order chi connectivity index (χ1) is 9.17. The first-order valence-electron chi connectivity index (χ1n) is 6.52. The maximum atomic E-state index is 13.3. The van der Waals surface area contributed by atoms with E-state index >= 15 is 0 Å². The summed E-state index contributed by atoms with van der Waals surface area (Å²) in [6.45, 7) is 4.83. The van der Waals surface area contributed by atoms with Gasteiger partial charge in [-0.15, -0.1) is 12.3 Å². The SMILES string of the molecule is C#CCCC(NCC)c1oc2ccc(F)cc2c1C. The number of benzene rings is 1. The number of nitrogens with one attached hydrogen (secondary N) is 1. The van der Waals surface area contributed by atoms with Gasteiger partial charge in [-0.05, 0) is 38.1 Å². The molecule has 0 saturated carbocycles. The van der Waals surface area contributed by atoms with Crippen molar-refractivity contribution in [3.63, 3.8) is 0 Å². The summed E-state index contributed by atoms with van der Waals surface area (Å²) in [6.07, 6.45) is 6.82. The van der Waals surface area contributed by atoms with Gasteiger partial charge in [0.05, 0.1) is 6.04 Å². The first kappa shape index (κ1) is 13.6. The van der Waals surface area contributed by atoms with Crippen molar-refractivity contribution in [3.05, 3.63) is 35.3 Å². The highest BCUT2D eigenvalue weighted by Crippen LogP contribution is 2.31. The molecule has 0 fully saturated rings. The Labute approximate surface area is 113 Å². The molecule has 0 spiro atoms. The molecule has 2 rings (SSSR count). The standard InChI is InChI=1S/C16H18FNO/c1-4-6-7-14(18-5-2)16-11(3)13-10-12(17)8-9-15(13)19-16/h1,8-10,14,18H,5-7H2,2-3H3. The minimum absolute atomic E-state index is 0.0801. The Morgan fingerprint density at radius 3 is 2.95 bits per heavy atom. The summed E-state index contributed by atoms with van der Waals surface area (Å²) in [5, 5.41) is 4.20. The molecule has 1 aromatic carbocycles. The molecule has 0 radical (unpaired) electrons. The number of hydrogen-bond acceptors (Lipinski definition) is 2. The zero-order valence-electron chi connectivity index (χ0n) is 11.3. The van der Waals surface area contributed by atoms with Crippen molar-refractivity contribution in [2.45, 2.75) is 32.7 Å². The third-order valence-corrected chi connectivity index (χ3v) is 3.28. The van der Waals surface area contributed by atoms with Gasteiger partial charge >= 0.3 is 0 Å². The zero-order valence-corrected chi connectivity index (χ0v) is 11.3. The van der Waals surface area contributed by atoms with Crippen LogP contribution < -0.4 is 5.32 Å². The monoisotopic (exact) mass is 259 g/mol. The predicted octanol–water partition coefficient (Wildman–Crippen LogP) is 3.94. The molecule has 1 atom stereocenters. The quantitative estimate of drug-likeness (QED) is 0.823. The Morgan fingerprint density at radius 1 is 1.47 bits per heavy atom. The van der Waals surface area contributed by atoms with Crippen molar-refractivity contribution in [3.8, 4) is 12.3 Å². The summed E-state index contributed by atoms with van der Waals surface area (Å²) in [5.41, 5.74) is 1.70. The van der Waals surface area contributed by atoms with Crippen LogP contribution in [0.15, 0.2) is 22.6 Å². The molecule has 100 valence electrons. The van der Waals surface area contributed by atoms with E-state index in [9.17, 15) is 4.39 Å². The molecule has 1 unspecified atom stereocenters. The molecule has 0 aliphatic heterocycles. The molecule has 19 heavy (non-hydrogen) atoms. The maximum Gasteiger partial charge on any atom is 0.134 e. The van der Waals surface area contributed by atoms with Gasteiger partial charge in [0.25, 0.3) is 0 Å². The van der Waals surface area contributed by atoms with E-state index < -0.39 is 0 Å². The lowest BCUT2D eigenvalue weighted by atomic mass is 10.0. The highest BCUT2D eigenvalue weighted by molar-refractivity contribution is 5.82. The largest absolute Gasteiger partial charge is 0.459 e. The third-order valence-electron chi connectivity index (χ3n) is 3.28. The molecular formula is C16H18FNO. The molecule has 3 heteroatoms. The molecule has 2 aromatic rings. The van der Waals surface area contributed by atoms with Crippen LogP contribution >= 0.6 is 0 Å². The number of halogens is 1. The highest BCUT2D eigenvalue weighted by atomic mass is 19.1. The number of aryl methyl sites for hydroxylation is 1. The van der Waals surface area contributed by atoms with Crippen LogP contribution in [0.1, 0.15) is 37.1 Å². The Morgan fingerprint density at radius 2 is 2.26 bits per heavy atom. The van der Waals surface area contributed by atoms with Crippen LogP contribution in [-0.2, 0) is 0 Å². The second kappa shape index (κ2) is 5.90. The molecule has 0 aliphatic carbocycles. The van der Waals surface area contributed by atoms with Crippen LogP contribution in [0, 0.1) is 25.1 Å². The fraction of sp³-hybridized carbons (Fsp3) is 0.375. The van der Waals surface area contributed by atoms with Gasteiger partial charge in [-0.25, -0.2) is 4.39 Å². The summed E-state index contributed by atoms with van der Waals surface area (Å²) in [7, 11) is 0. The molecule has 0 bridgehead atoms. The molecule has 0 amide bonds. The van der Waals surface area contributed by atoms with Gasteiger partial charge in [-0.3, -0.25) is 0 Å². The molecule has 0 aliphatic rings. The average Bonchev–Trinajstić information content (AvgIpc) is 2.72. The van der Waals surface area contributed by atoms with Crippen LogP contribution in [0.3, 0.4) is 0 Å². The highest BCUT2D eigenvalue weighted by Gasteiger charge is 2.19. The Kier molecular flexibility index (Phi) is 4.24. The van der Waals surface area contributed by atoms with Gasteiger partial charge in [-0.2, -0.15) is 0 Å². The molecule has 1 aromatic heterocycles. The topological polar surface area (TPSA) is 25.2 Å². The summed E-state index contributed by atoms with van der Waals surface area (Å²) < 4.78 is 19.2. The lowest BCUT2D eigenvalue weighted by molar-refractivity contribution is 0.418. The third kappa shape index (κ3) is 2.80. The van der Waals surface area contributed by atoms with Gasteiger partial charge in [-0.1, -0.05) is 6.92 Å². The van der Waals surface area contributed by atoms with Crippen molar-refractivity contribution < 1.29 is 8.81 Å². The summed E-state index contributed by atoms with van der Waals surface area (Å²) in [4.78, 5) is 0. The van der Waals surface area contributed by atoms with E-state index in [1.54, 1.807) is 6.07 Å². The van der Waals surface area contributed by atoms with Crippen molar-refractivity contribution >= 4 is 11.0 Å². The Balaban J connectivity index is 2.42. The summed E-state index contributed by atoms with van der Waals surface area (Å²) >= 11 is 0. The van der Waals surface area contributed by atoms with Gasteiger partial charge in [0.2, 0.25) is 0 Å². The first-order valence-corrected chi connectivity index (χ1v) is 6.52. The van der Waals surface area contributed by atoms with Crippen LogP contribution in [0.25, 0.3) is 11.0 Å². The second-order valence-corrected chi connectivity index (χ2v) is 4.58. The fourth-order valence-corrected chi connectivity index (χ4v) is 2.34. The molecule has 2 nitrogen and oxygen atoms in total. The lowest BCUT2D eigenvalue weighted by Gasteiger charge is -2.15. The van der Waals surface area contributed by atoms with Crippen molar-refractivity contribution in [1.29, 1.82) is 0 Å². The van der Waals surface area contributed by atoms with E-state index in [2.05, 4.69) is 11.2 Å². The smallest absolute Gasteiger partial charge is 0.134 e. The average molecular weight is 259 g/mol. The maximum absolute atomic E-state index is 13.3. The van der Waals surface area contributed by atoms with Crippen LogP contribution in [0.2, 0.25) is 0 Å². The van der Waals surface area contributed by atoms with Gasteiger partial charge in [0, 0.05) is 17.4 Å². The minimum atomic E-state index is -0.244. The Hall–Kier alpha value is -1.79. The number of rotatable bonds is 5. The lowest BCUT2D eigenvalue weighted by Crippen LogP contribution is -2.20. The second-order valence-electron chi connectivity index (χ2n) is 4.58. The van der Waals surface area contributed by atoms with E-state index in [1.165, 1.54) is 12.1 Å². The number of terminal acetylenes is 1. The van der Waals surface area contributed by atoms with E-state index in [0.717, 1.165) is 35.3 Å². The number of hydrogen-bond donors (Lipinski definition) is 1. The normalized spacial score (nSPS) is 12.5. The minimum Gasteiger partial charge on any atom is -0.459 e. The number of fused-ring (bicyclic) bond motifs is 1. The van der Waals surface area contributed by atoms with Crippen molar-refractivity contribution in [2.75, 3.05) is 6.54 Å². The molecule has 0 saturated heterocycles. The zero-order chi connectivity index (χ0) is 13.8. The molecular weight excluding hydrogens is 241 g/mol. The predicted molar refractivity (Wildman–Crippen MR) is 75.4 cm³/mol. The molecule has 1 N–H and O–H groups in total.